The molecular formula is C19H16F2N2O3S. The van der Waals surface area contributed by atoms with Crippen LogP contribution in [-0.2, 0) is 16.1 Å². The maximum atomic E-state index is 13.9. The average Bonchev–Trinajstić information content (AvgIpc) is 2.91. The van der Waals surface area contributed by atoms with Crippen LogP contribution in [-0.4, -0.2) is 23.6 Å². The van der Waals surface area contributed by atoms with Crippen molar-refractivity contribution < 1.29 is 23.1 Å². The Morgan fingerprint density at radius 3 is 2.41 bits per heavy atom. The molecule has 0 saturated heterocycles. The van der Waals surface area contributed by atoms with E-state index in [2.05, 4.69) is 4.99 Å². The highest BCUT2D eigenvalue weighted by Crippen LogP contribution is 2.22. The monoisotopic (exact) mass is 390 g/mol. The third kappa shape index (κ3) is 3.66. The lowest BCUT2D eigenvalue weighted by Gasteiger charge is -2.05. The Kier molecular flexibility index (Phi) is 5.18. The first-order valence-electron chi connectivity index (χ1n) is 8.02. The lowest BCUT2D eigenvalue weighted by atomic mass is 10.1. The summed E-state index contributed by atoms with van der Waals surface area (Å²) in [5, 5.41) is 0. The summed E-state index contributed by atoms with van der Waals surface area (Å²) in [6.45, 7) is 3.69. The summed E-state index contributed by atoms with van der Waals surface area (Å²) in [6.07, 6.45) is 0. The number of nitrogens with zero attached hydrogens (tertiary/aromatic N) is 2. The summed E-state index contributed by atoms with van der Waals surface area (Å²) >= 11 is 1.16. The van der Waals surface area contributed by atoms with Gasteiger partial charge in [0.2, 0.25) is 0 Å². The third-order valence-corrected chi connectivity index (χ3v) is 5.23. The van der Waals surface area contributed by atoms with Gasteiger partial charge in [-0.05, 0) is 49.2 Å². The summed E-state index contributed by atoms with van der Waals surface area (Å²) in [6, 6.07) is 6.94. The van der Waals surface area contributed by atoms with E-state index in [0.717, 1.165) is 39.3 Å². The van der Waals surface area contributed by atoms with Gasteiger partial charge in [0, 0.05) is 0 Å². The first-order chi connectivity index (χ1) is 12.8. The van der Waals surface area contributed by atoms with E-state index in [4.69, 9.17) is 4.74 Å². The zero-order chi connectivity index (χ0) is 19.7. The topological polar surface area (TPSA) is 60.7 Å². The van der Waals surface area contributed by atoms with Gasteiger partial charge in [0.05, 0.1) is 17.3 Å². The number of methoxy groups -OCH3 is 1. The summed E-state index contributed by atoms with van der Waals surface area (Å²) in [7, 11) is 1.25. The number of carbonyl (C=O) groups excluding carboxylic acids is 2. The molecule has 5 nitrogen and oxygen atoms in total. The number of amides is 1. The number of benzene rings is 2. The van der Waals surface area contributed by atoms with Gasteiger partial charge in [0.15, 0.2) is 4.80 Å². The number of hydrogen-bond donors (Lipinski definition) is 0. The Labute approximate surface area is 157 Å². The Morgan fingerprint density at radius 1 is 1.15 bits per heavy atom. The Balaban J connectivity index is 2.23. The van der Waals surface area contributed by atoms with Crippen LogP contribution in [0.5, 0.6) is 0 Å². The van der Waals surface area contributed by atoms with Gasteiger partial charge in [-0.15, -0.1) is 0 Å². The molecule has 1 heterocycles. The van der Waals surface area contributed by atoms with Gasteiger partial charge in [0.25, 0.3) is 5.91 Å². The van der Waals surface area contributed by atoms with E-state index < -0.39 is 29.1 Å². The molecule has 0 atom stereocenters. The second-order valence-electron chi connectivity index (χ2n) is 5.96. The molecular weight excluding hydrogens is 374 g/mol. The molecule has 0 bridgehead atoms. The molecule has 27 heavy (non-hydrogen) atoms. The molecule has 0 fully saturated rings. The number of ether oxygens (including phenoxy) is 1. The predicted molar refractivity (Wildman–Crippen MR) is 97.6 cm³/mol. The molecule has 3 aromatic rings. The molecule has 0 N–H and O–H groups in total. The molecule has 0 aliphatic rings. The van der Waals surface area contributed by atoms with E-state index in [1.165, 1.54) is 17.7 Å². The van der Waals surface area contributed by atoms with Crippen molar-refractivity contribution in [3.63, 3.8) is 0 Å². The fourth-order valence-corrected chi connectivity index (χ4v) is 3.71. The lowest BCUT2D eigenvalue weighted by Crippen LogP contribution is -2.22. The van der Waals surface area contributed by atoms with Gasteiger partial charge in [-0.25, -0.2) is 8.78 Å². The van der Waals surface area contributed by atoms with Crippen LogP contribution < -0.4 is 4.80 Å². The van der Waals surface area contributed by atoms with Gasteiger partial charge in [0.1, 0.15) is 23.7 Å². The molecule has 0 aliphatic carbocycles. The van der Waals surface area contributed by atoms with Crippen molar-refractivity contribution in [1.29, 1.82) is 0 Å². The summed E-state index contributed by atoms with van der Waals surface area (Å²) in [5.41, 5.74) is 1.99. The molecule has 3 rings (SSSR count). The highest BCUT2D eigenvalue weighted by atomic mass is 32.1. The largest absolute Gasteiger partial charge is 0.468 e. The molecule has 0 unspecified atom stereocenters. The molecule has 0 saturated carbocycles. The lowest BCUT2D eigenvalue weighted by molar-refractivity contribution is -0.141. The first-order valence-corrected chi connectivity index (χ1v) is 8.84. The Hall–Kier alpha value is -2.87. The SMILES string of the molecule is COC(=O)Cn1c(=NC(=O)c2c(F)cccc2F)sc2cc(C)c(C)cc21. The first kappa shape index (κ1) is 18.9. The smallest absolute Gasteiger partial charge is 0.325 e. The molecule has 0 aliphatic heterocycles. The zero-order valence-corrected chi connectivity index (χ0v) is 15.7. The number of thiazole rings is 1. The van der Waals surface area contributed by atoms with Crippen LogP contribution in [0.2, 0.25) is 0 Å². The second kappa shape index (κ2) is 7.40. The van der Waals surface area contributed by atoms with Crippen LogP contribution in [0.4, 0.5) is 8.78 Å². The van der Waals surface area contributed by atoms with Crippen LogP contribution in [0.15, 0.2) is 35.3 Å². The van der Waals surface area contributed by atoms with E-state index in [1.54, 1.807) is 0 Å². The van der Waals surface area contributed by atoms with E-state index in [0.29, 0.717) is 5.52 Å². The molecule has 2 aromatic carbocycles. The van der Waals surface area contributed by atoms with Gasteiger partial charge >= 0.3 is 5.97 Å². The number of rotatable bonds is 3. The van der Waals surface area contributed by atoms with E-state index in [-0.39, 0.29) is 11.3 Å². The summed E-state index contributed by atoms with van der Waals surface area (Å²) in [5.74, 6) is -3.56. The number of esters is 1. The maximum absolute atomic E-state index is 13.9. The van der Waals surface area contributed by atoms with Crippen LogP contribution in [0.25, 0.3) is 10.2 Å². The average molecular weight is 390 g/mol. The number of hydrogen-bond acceptors (Lipinski definition) is 4. The molecule has 0 spiro atoms. The van der Waals surface area contributed by atoms with Gasteiger partial charge in [-0.2, -0.15) is 4.99 Å². The van der Waals surface area contributed by atoms with Crippen LogP contribution >= 0.6 is 11.3 Å². The second-order valence-corrected chi connectivity index (χ2v) is 6.97. The minimum absolute atomic E-state index is 0.160. The molecule has 1 amide bonds. The summed E-state index contributed by atoms with van der Waals surface area (Å²) in [4.78, 5) is 28.3. The van der Waals surface area contributed by atoms with Crippen molar-refractivity contribution in [3.05, 3.63) is 63.5 Å². The number of halogens is 2. The van der Waals surface area contributed by atoms with Gasteiger partial charge in [-0.1, -0.05) is 17.4 Å². The predicted octanol–water partition coefficient (Wildman–Crippen LogP) is 3.51. The quantitative estimate of drug-likeness (QED) is 0.643. The van der Waals surface area contributed by atoms with E-state index in [1.807, 2.05) is 26.0 Å². The summed E-state index contributed by atoms with van der Waals surface area (Å²) < 4.78 is 34.8. The zero-order valence-electron chi connectivity index (χ0n) is 14.9. The van der Waals surface area contributed by atoms with E-state index >= 15 is 0 Å². The van der Waals surface area contributed by atoms with Crippen molar-refractivity contribution in [2.24, 2.45) is 4.99 Å². The normalized spacial score (nSPS) is 11.8. The van der Waals surface area contributed by atoms with Crippen molar-refractivity contribution in [2.75, 3.05) is 7.11 Å². The standard InChI is InChI=1S/C19H16F2N2O3S/c1-10-7-14-15(8-11(10)2)27-19(23(14)9-16(24)26-3)22-18(25)17-12(20)5-4-6-13(17)21/h4-8H,9H2,1-3H3. The fourth-order valence-electron chi connectivity index (χ4n) is 2.60. The van der Waals surface area contributed by atoms with Crippen molar-refractivity contribution >= 4 is 33.4 Å². The fraction of sp³-hybridized carbons (Fsp3) is 0.211. The Morgan fingerprint density at radius 2 is 1.78 bits per heavy atom. The van der Waals surface area contributed by atoms with Crippen LogP contribution in [0, 0.1) is 25.5 Å². The minimum atomic E-state index is -1.05. The van der Waals surface area contributed by atoms with E-state index in [9.17, 15) is 18.4 Å². The molecule has 0 radical (unpaired) electrons. The van der Waals surface area contributed by atoms with Gasteiger partial charge in [-0.3, -0.25) is 9.59 Å². The van der Waals surface area contributed by atoms with Crippen molar-refractivity contribution in [3.8, 4) is 0 Å². The Bertz CT molecular complexity index is 1110. The van der Waals surface area contributed by atoms with Crippen molar-refractivity contribution in [1.82, 2.24) is 4.57 Å². The molecule has 8 heteroatoms. The van der Waals surface area contributed by atoms with Gasteiger partial charge < -0.3 is 9.30 Å². The van der Waals surface area contributed by atoms with Crippen molar-refractivity contribution in [2.45, 2.75) is 20.4 Å². The minimum Gasteiger partial charge on any atom is -0.468 e. The number of carbonyl (C=O) groups is 2. The highest BCUT2D eigenvalue weighted by molar-refractivity contribution is 7.16. The number of fused-ring (bicyclic) bond motifs is 1. The maximum Gasteiger partial charge on any atom is 0.325 e. The highest BCUT2D eigenvalue weighted by Gasteiger charge is 2.18. The molecule has 140 valence electrons. The molecule has 1 aromatic heterocycles. The number of aromatic nitrogens is 1. The van der Waals surface area contributed by atoms with Crippen LogP contribution in [0.3, 0.4) is 0 Å². The number of aryl methyl sites for hydroxylation is 2. The third-order valence-electron chi connectivity index (χ3n) is 4.19. The van der Waals surface area contributed by atoms with Crippen LogP contribution in [0.1, 0.15) is 21.5 Å².